The highest BCUT2D eigenvalue weighted by molar-refractivity contribution is 14.1. The van der Waals surface area contributed by atoms with Crippen molar-refractivity contribution in [3.63, 3.8) is 0 Å². The predicted octanol–water partition coefficient (Wildman–Crippen LogP) is 1.79. The maximum atomic E-state index is 13.0. The van der Waals surface area contributed by atoms with Gasteiger partial charge in [0.05, 0.1) is 28.7 Å². The standard InChI is InChI=1S/C17H13IN2O4/c1-16-6-11(21)17(2,24-16)13-12(16)14(22)20(15(13)23)9-4-3-8(7-19)10(18)5-9/h3-5,12-13H,6H2,1-2H3/t12-,13+,16+,17-/m1/s1. The van der Waals surface area contributed by atoms with Crippen LogP contribution in [0.4, 0.5) is 5.69 Å². The second kappa shape index (κ2) is 4.64. The van der Waals surface area contributed by atoms with Crippen LogP contribution < -0.4 is 4.90 Å². The number of ketones is 1. The average Bonchev–Trinajstić information content (AvgIpc) is 3.01. The molecule has 2 amide bonds. The molecular weight excluding hydrogens is 423 g/mol. The average molecular weight is 436 g/mol. The van der Waals surface area contributed by atoms with E-state index in [1.54, 1.807) is 32.0 Å². The number of hydrogen-bond acceptors (Lipinski definition) is 5. The molecule has 3 aliphatic heterocycles. The van der Waals surface area contributed by atoms with Crippen molar-refractivity contribution in [1.82, 2.24) is 0 Å². The molecule has 1 aromatic rings. The highest BCUT2D eigenvalue weighted by atomic mass is 127. The minimum Gasteiger partial charge on any atom is -0.359 e. The first-order valence-corrected chi connectivity index (χ1v) is 8.62. The molecule has 0 radical (unpaired) electrons. The van der Waals surface area contributed by atoms with Gasteiger partial charge < -0.3 is 4.74 Å². The molecule has 3 fully saturated rings. The molecule has 0 aromatic heterocycles. The number of nitriles is 1. The number of halogens is 1. The summed E-state index contributed by atoms with van der Waals surface area (Å²) < 4.78 is 6.51. The Labute approximate surface area is 151 Å². The van der Waals surface area contributed by atoms with Gasteiger partial charge >= 0.3 is 0 Å². The number of anilines is 1. The Morgan fingerprint density at radius 2 is 1.92 bits per heavy atom. The monoisotopic (exact) mass is 436 g/mol. The molecule has 2 bridgehead atoms. The van der Waals surface area contributed by atoms with E-state index in [-0.39, 0.29) is 18.1 Å². The third-order valence-corrected chi connectivity index (χ3v) is 6.29. The van der Waals surface area contributed by atoms with Gasteiger partial charge in [0, 0.05) is 9.99 Å². The molecule has 0 spiro atoms. The van der Waals surface area contributed by atoms with E-state index in [0.717, 1.165) is 4.90 Å². The molecule has 3 saturated heterocycles. The number of fused-ring (bicyclic) bond motifs is 5. The van der Waals surface area contributed by atoms with Gasteiger partial charge in [0.1, 0.15) is 11.7 Å². The van der Waals surface area contributed by atoms with Crippen LogP contribution in [0.1, 0.15) is 25.8 Å². The van der Waals surface area contributed by atoms with Gasteiger partial charge in [-0.1, -0.05) is 0 Å². The van der Waals surface area contributed by atoms with Gasteiger partial charge in [-0.2, -0.15) is 5.26 Å². The van der Waals surface area contributed by atoms with Gasteiger partial charge in [0.25, 0.3) is 0 Å². The van der Waals surface area contributed by atoms with Crippen LogP contribution in [0.15, 0.2) is 18.2 Å². The fourth-order valence-electron chi connectivity index (χ4n) is 4.31. The molecule has 4 atom stereocenters. The lowest BCUT2D eigenvalue weighted by molar-refractivity contribution is -0.139. The van der Waals surface area contributed by atoms with Crippen LogP contribution in [0.3, 0.4) is 0 Å². The Balaban J connectivity index is 1.81. The number of Topliss-reactive ketones (excluding diaryl/α,β-unsaturated/α-hetero) is 1. The van der Waals surface area contributed by atoms with Crippen molar-refractivity contribution < 1.29 is 19.1 Å². The molecular formula is C17H13IN2O4. The zero-order valence-electron chi connectivity index (χ0n) is 13.0. The number of ether oxygens (including phenoxy) is 1. The van der Waals surface area contributed by atoms with Gasteiger partial charge in [-0.25, -0.2) is 4.90 Å². The summed E-state index contributed by atoms with van der Waals surface area (Å²) in [6, 6.07) is 6.88. The van der Waals surface area contributed by atoms with Gasteiger partial charge in [-0.3, -0.25) is 14.4 Å². The van der Waals surface area contributed by atoms with Crippen LogP contribution in [0.5, 0.6) is 0 Å². The van der Waals surface area contributed by atoms with Crippen molar-refractivity contribution in [3.05, 3.63) is 27.3 Å². The summed E-state index contributed by atoms with van der Waals surface area (Å²) >= 11 is 2.00. The summed E-state index contributed by atoms with van der Waals surface area (Å²) in [6.07, 6.45) is 0.155. The van der Waals surface area contributed by atoms with Crippen LogP contribution >= 0.6 is 22.6 Å². The maximum Gasteiger partial charge on any atom is 0.241 e. The first-order chi connectivity index (χ1) is 11.2. The predicted molar refractivity (Wildman–Crippen MR) is 90.9 cm³/mol. The molecule has 6 nitrogen and oxygen atoms in total. The van der Waals surface area contributed by atoms with Crippen LogP contribution in [0.25, 0.3) is 0 Å². The van der Waals surface area contributed by atoms with E-state index in [2.05, 4.69) is 6.07 Å². The Morgan fingerprint density at radius 3 is 2.54 bits per heavy atom. The van der Waals surface area contributed by atoms with E-state index >= 15 is 0 Å². The van der Waals surface area contributed by atoms with E-state index in [4.69, 9.17) is 10.00 Å². The third-order valence-electron chi connectivity index (χ3n) is 5.40. The zero-order chi connectivity index (χ0) is 17.4. The minimum absolute atomic E-state index is 0.122. The largest absolute Gasteiger partial charge is 0.359 e. The molecule has 0 saturated carbocycles. The number of imide groups is 1. The van der Waals surface area contributed by atoms with E-state index < -0.39 is 28.9 Å². The lowest BCUT2D eigenvalue weighted by Crippen LogP contribution is -2.46. The van der Waals surface area contributed by atoms with Crippen molar-refractivity contribution in [3.8, 4) is 6.07 Å². The second-order valence-corrected chi connectivity index (χ2v) is 8.03. The zero-order valence-corrected chi connectivity index (χ0v) is 15.2. The van der Waals surface area contributed by atoms with E-state index in [1.165, 1.54) is 0 Å². The van der Waals surface area contributed by atoms with Crippen molar-refractivity contribution in [1.29, 1.82) is 5.26 Å². The molecule has 0 aliphatic carbocycles. The molecule has 0 unspecified atom stereocenters. The highest BCUT2D eigenvalue weighted by Gasteiger charge is 2.76. The second-order valence-electron chi connectivity index (χ2n) is 6.86. The molecule has 24 heavy (non-hydrogen) atoms. The lowest BCUT2D eigenvalue weighted by atomic mass is 9.68. The number of carbonyl (C=O) groups is 3. The smallest absolute Gasteiger partial charge is 0.241 e. The molecule has 3 heterocycles. The normalized spacial score (nSPS) is 37.1. The Kier molecular flexibility index (Phi) is 3.04. The maximum absolute atomic E-state index is 13.0. The summed E-state index contributed by atoms with van der Waals surface area (Å²) in [4.78, 5) is 39.3. The Hall–Kier alpha value is -1.79. The number of carbonyl (C=O) groups excluding carboxylic acids is 3. The quantitative estimate of drug-likeness (QED) is 0.495. The molecule has 122 valence electrons. The number of hydrogen-bond donors (Lipinski definition) is 0. The fraction of sp³-hybridized carbons (Fsp3) is 0.412. The van der Waals surface area contributed by atoms with Crippen LogP contribution in [0.2, 0.25) is 0 Å². The van der Waals surface area contributed by atoms with Crippen LogP contribution in [-0.4, -0.2) is 28.8 Å². The van der Waals surface area contributed by atoms with Gasteiger partial charge in [0.15, 0.2) is 5.78 Å². The summed E-state index contributed by atoms with van der Waals surface area (Å²) in [5.41, 5.74) is -1.23. The molecule has 7 heteroatoms. The summed E-state index contributed by atoms with van der Waals surface area (Å²) in [7, 11) is 0. The van der Waals surface area contributed by atoms with E-state index in [0.29, 0.717) is 14.8 Å². The Bertz CT molecular complexity index is 876. The topological polar surface area (TPSA) is 87.5 Å². The van der Waals surface area contributed by atoms with Crippen molar-refractivity contribution in [2.45, 2.75) is 31.5 Å². The first-order valence-electron chi connectivity index (χ1n) is 7.54. The SMILES string of the molecule is C[C@@]12CC(=O)[C@@](C)(O1)[C@@H]1C(=O)N(c3ccc(C#N)c(I)c3)C(=O)[C@@H]12. The van der Waals surface area contributed by atoms with Crippen molar-refractivity contribution in [2.75, 3.05) is 4.90 Å². The summed E-state index contributed by atoms with van der Waals surface area (Å²) in [5.74, 6) is -2.26. The number of amides is 2. The summed E-state index contributed by atoms with van der Waals surface area (Å²) in [5, 5.41) is 9.03. The van der Waals surface area contributed by atoms with Crippen molar-refractivity contribution in [2.24, 2.45) is 11.8 Å². The highest BCUT2D eigenvalue weighted by Crippen LogP contribution is 2.59. The van der Waals surface area contributed by atoms with Gasteiger partial charge in [-0.05, 0) is 54.6 Å². The van der Waals surface area contributed by atoms with Gasteiger partial charge in [-0.15, -0.1) is 0 Å². The lowest BCUT2D eigenvalue weighted by Gasteiger charge is -2.26. The molecule has 3 aliphatic rings. The number of benzene rings is 1. The van der Waals surface area contributed by atoms with E-state index in [1.807, 2.05) is 22.6 Å². The van der Waals surface area contributed by atoms with Gasteiger partial charge in [0.2, 0.25) is 11.8 Å². The number of nitrogens with zero attached hydrogens (tertiary/aromatic N) is 2. The van der Waals surface area contributed by atoms with Crippen LogP contribution in [0, 0.1) is 26.7 Å². The molecule has 1 aromatic carbocycles. The third kappa shape index (κ3) is 1.70. The van der Waals surface area contributed by atoms with Crippen LogP contribution in [-0.2, 0) is 19.1 Å². The van der Waals surface area contributed by atoms with E-state index in [9.17, 15) is 14.4 Å². The Morgan fingerprint density at radius 1 is 1.25 bits per heavy atom. The molecule has 4 rings (SSSR count). The number of rotatable bonds is 1. The summed E-state index contributed by atoms with van der Waals surface area (Å²) in [6.45, 7) is 3.35. The van der Waals surface area contributed by atoms with Crippen molar-refractivity contribution >= 4 is 45.9 Å². The minimum atomic E-state index is -1.22. The molecule has 0 N–H and O–H groups in total. The fourth-order valence-corrected chi connectivity index (χ4v) is 4.93. The first kappa shape index (κ1) is 15.7.